The Bertz CT molecular complexity index is 7340. The predicted molar refractivity (Wildman–Crippen MR) is 550 cm³/mol. The number of phenols is 31. The van der Waals surface area contributed by atoms with Gasteiger partial charge in [0.2, 0.25) is 17.2 Å². The number of hydrogen-bond donors (Lipinski definition) is 31. The normalized spacial score (nSPS) is 10.5. The van der Waals surface area contributed by atoms with Crippen LogP contribution in [0.2, 0.25) is 10.0 Å². The summed E-state index contributed by atoms with van der Waals surface area (Å²) in [5.74, 6) is -20.1. The fourth-order valence-corrected chi connectivity index (χ4v) is 17.3. The molecule has 0 aliphatic heterocycles. The van der Waals surface area contributed by atoms with Crippen LogP contribution in [0.4, 0.5) is 0 Å². The van der Waals surface area contributed by atoms with E-state index in [0.29, 0.717) is 0 Å². The lowest BCUT2D eigenvalue weighted by Gasteiger charge is -2.12. The van der Waals surface area contributed by atoms with Gasteiger partial charge in [0.25, 0.3) is 0 Å². The minimum atomic E-state index is -0.841. The van der Waals surface area contributed by atoms with Gasteiger partial charge in [-0.1, -0.05) is 23.2 Å². The molecular weight excluding hydrogens is 2670 g/mol. The summed E-state index contributed by atoms with van der Waals surface area (Å²) in [6, 6.07) is 27.7. The molecule has 0 aliphatic rings. The first-order chi connectivity index (χ1) is 66.9. The molecule has 51 heteroatoms. The van der Waals surface area contributed by atoms with Crippen LogP contribution in [0.15, 0.2) is 195 Å². The second-order valence-electron chi connectivity index (χ2n) is 28.9. The summed E-state index contributed by atoms with van der Waals surface area (Å²) in [6.45, 7) is 2.87. The SMILES string of the molecule is Cc1c(O)c(Cl)c(C(=O)c2ccc(O)c(O)c2)c(Cl)c1O.Cc1c(O)cc(C(=O)c2ccc(O)c(O)c2O)cc1O.O=C(c1cc(O)c(O)c(Br)c1)c1cc(O)c(O)c(Br)c1.O=C(c1cc(O)c(O)c(Br)c1)c1cc(O)c(O)c(Br)c1Br.O=C(c1cc(O)c(O)cc1Br)c1cc(Br)c(O)c(O)c1Br.O=C(c1cc(O)c(O)cc1Br)c1cc(Br)c(O)c(O)c1O.O=C(c1ccc(O)c(O)c1)c1cc(Br)c(O)c(O)c1O. The number of carbonyl (C=O) groups is 7. The number of ketones is 7. The van der Waals surface area contributed by atoms with E-state index in [0.717, 1.165) is 103 Å². The number of aromatic hydroxyl groups is 31. The summed E-state index contributed by atoms with van der Waals surface area (Å²) < 4.78 is 1.55. The van der Waals surface area contributed by atoms with Crippen molar-refractivity contribution < 1.29 is 192 Å². The Morgan fingerprint density at radius 2 is 0.451 bits per heavy atom. The molecule has 0 aromatic heterocycles. The van der Waals surface area contributed by atoms with Crippen molar-refractivity contribution in [2.45, 2.75) is 13.8 Å². The molecule has 31 N–H and O–H groups in total. The summed E-state index contributed by atoms with van der Waals surface area (Å²) in [5, 5.41) is 294. The molecule has 14 rings (SSSR count). The van der Waals surface area contributed by atoms with E-state index in [1.807, 2.05) is 0 Å². The van der Waals surface area contributed by atoms with Crippen LogP contribution in [0.3, 0.4) is 0 Å². The van der Waals surface area contributed by atoms with Crippen LogP contribution in [0.25, 0.3) is 0 Å². The standard InChI is InChI=1S/C14H10Cl2O5.C14H12O6.2C13H7Br3O5.C13H8Br2O6.C13H8Br2O5.C13H9BrO6/c1-5-12(19)10(15)9(11(16)13(5)20)14(21)6-2-3-7(17)8(18)4-6;1-6-10(16)4-7(5-11(6)17)12(18)8-2-3-9(15)14(20)13(8)19;14-6-3-9(18)8(17)2-4(6)11(19)5-1-7(15)12(20)13(21)10(5)16;14-6-1-4(2-7(17)12(6)20)11(19)5-3-8(18)13(21)10(16)9(5)15;14-6-3-9(17)8(16)2-4(6)10(18)5-1-7(15)12(20)13(21)11(5)19;14-7-1-5(3-9(16)12(7)19)11(18)6-2-8(15)13(20)10(17)4-6;14-7-4-6(11(18)13(20)12(7)19)10(17)5-1-2-8(15)9(16)3-5/h2-4,17-20H,1H3;2-5,15-17,19-20H,1H3;2*1-3,17-18,20-21H;1-3,16-17,19-21H;1-4,16-17,19-20H;1-4,15-16,18-20H. The van der Waals surface area contributed by atoms with Gasteiger partial charge in [0, 0.05) is 80.2 Å². The predicted octanol–water partition coefficient (Wildman–Crippen LogP) is 21.6. The van der Waals surface area contributed by atoms with Crippen LogP contribution in [0.1, 0.15) is 123 Å². The fourth-order valence-electron chi connectivity index (χ4n) is 11.7. The van der Waals surface area contributed by atoms with E-state index < -0.39 is 178 Å². The highest BCUT2D eigenvalue weighted by Crippen LogP contribution is 2.52. The molecule has 0 saturated heterocycles. The first kappa shape index (κ1) is 116. The molecule has 0 radical (unpaired) electrons. The molecule has 0 unspecified atom stereocenters. The molecule has 752 valence electrons. The van der Waals surface area contributed by atoms with Gasteiger partial charge in [-0.3, -0.25) is 33.6 Å². The van der Waals surface area contributed by atoms with E-state index >= 15 is 0 Å². The zero-order valence-corrected chi connectivity index (χ0v) is 89.9. The van der Waals surface area contributed by atoms with Crippen molar-refractivity contribution in [3.8, 4) is 178 Å². The summed E-state index contributed by atoms with van der Waals surface area (Å²) in [5.41, 5.74) is -0.405. The molecule has 0 spiro atoms. The van der Waals surface area contributed by atoms with Crippen molar-refractivity contribution in [3.63, 3.8) is 0 Å². The molecule has 14 aromatic rings. The minimum Gasteiger partial charge on any atom is -0.508 e. The van der Waals surface area contributed by atoms with Crippen LogP contribution in [-0.2, 0) is 0 Å². The summed E-state index contributed by atoms with van der Waals surface area (Å²) in [6.07, 6.45) is 0. The van der Waals surface area contributed by atoms with E-state index in [-0.39, 0.29) is 189 Å². The Hall–Kier alpha value is -13.6. The lowest BCUT2D eigenvalue weighted by atomic mass is 9.99. The lowest BCUT2D eigenvalue weighted by Crippen LogP contribution is -2.04. The van der Waals surface area contributed by atoms with Gasteiger partial charge in [0.05, 0.1) is 68.1 Å². The van der Waals surface area contributed by atoms with Crippen LogP contribution in [0.5, 0.6) is 178 Å². The summed E-state index contributed by atoms with van der Waals surface area (Å²) >= 11 is 45.2. The first-order valence-electron chi connectivity index (χ1n) is 38.2. The van der Waals surface area contributed by atoms with Crippen molar-refractivity contribution in [2.24, 2.45) is 0 Å². The van der Waals surface area contributed by atoms with E-state index in [1.54, 1.807) is 0 Å². The van der Waals surface area contributed by atoms with Crippen molar-refractivity contribution in [1.82, 2.24) is 0 Å². The number of benzene rings is 14. The van der Waals surface area contributed by atoms with Gasteiger partial charge in [0.1, 0.15) is 23.0 Å². The van der Waals surface area contributed by atoms with Gasteiger partial charge in [-0.25, -0.2) is 0 Å². The number of hydrogen-bond acceptors (Lipinski definition) is 38. The number of halogens is 13. The molecule has 144 heavy (non-hydrogen) atoms. The third kappa shape index (κ3) is 25.6. The van der Waals surface area contributed by atoms with Gasteiger partial charge in [-0.2, -0.15) is 0 Å². The molecule has 0 bridgehead atoms. The van der Waals surface area contributed by atoms with Gasteiger partial charge >= 0.3 is 0 Å². The van der Waals surface area contributed by atoms with E-state index in [9.17, 15) is 192 Å². The van der Waals surface area contributed by atoms with Crippen LogP contribution in [-0.4, -0.2) is 199 Å². The highest BCUT2D eigenvalue weighted by Gasteiger charge is 2.32. The second-order valence-corrected chi connectivity index (χ2v) is 38.8. The van der Waals surface area contributed by atoms with Gasteiger partial charge in [-0.05, 0) is 335 Å². The molecule has 0 amide bonds. The monoisotopic (exact) mass is 2720 g/mol. The summed E-state index contributed by atoms with van der Waals surface area (Å²) in [4.78, 5) is 86.3. The van der Waals surface area contributed by atoms with Gasteiger partial charge in [-0.15, -0.1) is 0 Å². The van der Waals surface area contributed by atoms with Crippen LogP contribution in [0, 0.1) is 13.8 Å². The maximum Gasteiger partial charge on any atom is 0.202 e. The number of rotatable bonds is 14. The largest absolute Gasteiger partial charge is 0.508 e. The average Bonchev–Trinajstić information content (AvgIpc) is 0.777. The Morgan fingerprint density at radius 3 is 0.847 bits per heavy atom. The molecule has 0 fully saturated rings. The minimum absolute atomic E-state index is 0.00686. The second kappa shape index (κ2) is 47.8. The number of phenolic OH excluding ortho intramolecular Hbond substituents is 31. The lowest BCUT2D eigenvalue weighted by molar-refractivity contribution is 0.102. The Morgan fingerprint density at radius 1 is 0.174 bits per heavy atom. The molecule has 0 aliphatic carbocycles. The zero-order chi connectivity index (χ0) is 109. The molecule has 38 nitrogen and oxygen atoms in total. The smallest absolute Gasteiger partial charge is 0.202 e. The van der Waals surface area contributed by atoms with Crippen molar-refractivity contribution >= 4 is 239 Å². The highest BCUT2D eigenvalue weighted by molar-refractivity contribution is 9.13. The molecule has 0 heterocycles. The van der Waals surface area contributed by atoms with Crippen molar-refractivity contribution in [3.05, 3.63) is 294 Å². The summed E-state index contributed by atoms with van der Waals surface area (Å²) in [7, 11) is 0. The third-order valence-electron chi connectivity index (χ3n) is 19.5. The fraction of sp³-hybridized carbons (Fsp3) is 0.0215. The zero-order valence-electron chi connectivity index (χ0n) is 71.0. The number of carbonyl (C=O) groups excluding carboxylic acids is 7. The van der Waals surface area contributed by atoms with Crippen molar-refractivity contribution in [2.75, 3.05) is 0 Å². The Balaban J connectivity index is 0.000000205. The van der Waals surface area contributed by atoms with E-state index in [1.165, 1.54) is 56.3 Å². The van der Waals surface area contributed by atoms with E-state index in [2.05, 4.69) is 175 Å². The average molecular weight is 2740 g/mol. The quantitative estimate of drug-likeness (QED) is 0.0355. The topological polar surface area (TPSA) is 747 Å². The van der Waals surface area contributed by atoms with Gasteiger partial charge < -0.3 is 158 Å². The highest BCUT2D eigenvalue weighted by atomic mass is 79.9. The molecule has 14 aromatic carbocycles. The maximum atomic E-state index is 12.5. The van der Waals surface area contributed by atoms with Gasteiger partial charge in [0.15, 0.2) is 178 Å². The maximum absolute atomic E-state index is 12.5. The molecule has 0 atom stereocenters. The van der Waals surface area contributed by atoms with E-state index in [4.69, 9.17) is 23.2 Å². The first-order valence-corrected chi connectivity index (χ1v) is 47.7. The Kier molecular flexibility index (Phi) is 38.4. The van der Waals surface area contributed by atoms with Crippen LogP contribution < -0.4 is 0 Å². The molecule has 0 saturated carbocycles. The van der Waals surface area contributed by atoms with Crippen LogP contribution >= 0.6 is 198 Å². The van der Waals surface area contributed by atoms with Crippen molar-refractivity contribution in [1.29, 1.82) is 0 Å². The molecular formula is C93H61Br11Cl2O38. The Labute approximate surface area is 907 Å². The third-order valence-corrected chi connectivity index (χ3v) is 28.1.